The lowest BCUT2D eigenvalue weighted by atomic mass is 10.1. The van der Waals surface area contributed by atoms with Gasteiger partial charge in [-0.1, -0.05) is 63.6 Å². The third kappa shape index (κ3) is 8.10. The quantitative estimate of drug-likeness (QED) is 0.215. The molecule has 0 atom stereocenters. The van der Waals surface area contributed by atoms with Crippen LogP contribution in [0.4, 0.5) is 5.69 Å². The van der Waals surface area contributed by atoms with E-state index in [4.69, 9.17) is 0 Å². The fourth-order valence-electron chi connectivity index (χ4n) is 4.59. The number of benzene rings is 1. The Labute approximate surface area is 209 Å². The van der Waals surface area contributed by atoms with E-state index in [9.17, 15) is 9.90 Å². The fraction of sp³-hybridized carbons (Fsp3) is 0.517. The molecule has 0 radical (unpaired) electrons. The van der Waals surface area contributed by atoms with Crippen LogP contribution in [0.2, 0.25) is 0 Å². The molecule has 0 aliphatic carbocycles. The fourth-order valence-corrected chi connectivity index (χ4v) is 4.59. The number of aryl methyl sites for hydroxylation is 1. The highest BCUT2D eigenvalue weighted by Gasteiger charge is 2.12. The van der Waals surface area contributed by atoms with Crippen molar-refractivity contribution in [3.8, 4) is 5.75 Å². The molecule has 6 heteroatoms. The predicted molar refractivity (Wildman–Crippen MR) is 146 cm³/mol. The van der Waals surface area contributed by atoms with Gasteiger partial charge in [-0.15, -0.1) is 0 Å². The lowest BCUT2D eigenvalue weighted by molar-refractivity contribution is 0.434. The summed E-state index contributed by atoms with van der Waals surface area (Å²) in [5.74, 6) is -0.104. The van der Waals surface area contributed by atoms with Gasteiger partial charge in [0.05, 0.1) is 11.2 Å². The summed E-state index contributed by atoms with van der Waals surface area (Å²) in [5.41, 5.74) is 3.56. The van der Waals surface area contributed by atoms with Crippen LogP contribution in [0.5, 0.6) is 5.75 Å². The molecule has 0 aliphatic rings. The Morgan fingerprint density at radius 2 is 1.69 bits per heavy atom. The van der Waals surface area contributed by atoms with Gasteiger partial charge in [0.15, 0.2) is 5.75 Å². The predicted octanol–water partition coefficient (Wildman–Crippen LogP) is 6.14. The Morgan fingerprint density at radius 1 is 0.943 bits per heavy atom. The van der Waals surface area contributed by atoms with Crippen LogP contribution < -0.4 is 16.1 Å². The largest absolute Gasteiger partial charge is 0.503 e. The highest BCUT2D eigenvalue weighted by Crippen LogP contribution is 2.21. The van der Waals surface area contributed by atoms with E-state index >= 15 is 0 Å². The number of nitrogens with zero attached hydrogens (tertiary/aromatic N) is 2. The van der Waals surface area contributed by atoms with Gasteiger partial charge in [-0.2, -0.15) is 0 Å². The summed E-state index contributed by atoms with van der Waals surface area (Å²) in [4.78, 5) is 16.5. The first-order valence-corrected chi connectivity index (χ1v) is 13.3. The number of para-hydroxylation sites is 1. The SMILES string of the molecule is CCCCCn1c(C)cc(=O)c(O)c1CNCCCCCCCCNc1ccnc2ccccc12. The second-order valence-corrected chi connectivity index (χ2v) is 9.40. The minimum absolute atomic E-state index is 0.104. The Kier molecular flexibility index (Phi) is 11.1. The topological polar surface area (TPSA) is 79.2 Å². The van der Waals surface area contributed by atoms with Gasteiger partial charge in [-0.3, -0.25) is 9.78 Å². The van der Waals surface area contributed by atoms with Crippen LogP contribution in [0.15, 0.2) is 47.4 Å². The van der Waals surface area contributed by atoms with E-state index in [0.717, 1.165) is 74.3 Å². The molecule has 3 aromatic rings. The molecule has 2 aromatic heterocycles. The number of nitrogens with one attached hydrogen (secondary N) is 2. The summed E-state index contributed by atoms with van der Waals surface area (Å²) in [6, 6.07) is 11.8. The van der Waals surface area contributed by atoms with E-state index in [0.29, 0.717) is 6.54 Å². The first-order chi connectivity index (χ1) is 17.1. The zero-order chi connectivity index (χ0) is 24.9. The molecule has 0 bridgehead atoms. The average molecular weight is 479 g/mol. The third-order valence-corrected chi connectivity index (χ3v) is 6.62. The molecule has 0 saturated heterocycles. The highest BCUT2D eigenvalue weighted by molar-refractivity contribution is 5.90. The molecule has 0 aliphatic heterocycles. The van der Waals surface area contributed by atoms with Gasteiger partial charge in [0.2, 0.25) is 5.43 Å². The van der Waals surface area contributed by atoms with Crippen molar-refractivity contribution in [2.75, 3.05) is 18.4 Å². The van der Waals surface area contributed by atoms with Crippen molar-refractivity contribution < 1.29 is 5.11 Å². The van der Waals surface area contributed by atoms with Crippen LogP contribution in [-0.4, -0.2) is 27.7 Å². The molecule has 0 saturated carbocycles. The van der Waals surface area contributed by atoms with Gasteiger partial charge in [-0.25, -0.2) is 0 Å². The van der Waals surface area contributed by atoms with E-state index in [1.54, 1.807) is 6.07 Å². The van der Waals surface area contributed by atoms with Crippen LogP contribution in [0.3, 0.4) is 0 Å². The van der Waals surface area contributed by atoms with Gasteiger partial charge in [0.1, 0.15) is 0 Å². The molecular weight excluding hydrogens is 436 g/mol. The Bertz CT molecular complexity index is 1100. The summed E-state index contributed by atoms with van der Waals surface area (Å²) in [5, 5.41) is 18.5. The lowest BCUT2D eigenvalue weighted by Gasteiger charge is -2.18. The number of aromatic hydroxyl groups is 1. The van der Waals surface area contributed by atoms with Crippen molar-refractivity contribution in [3.05, 3.63) is 64.2 Å². The highest BCUT2D eigenvalue weighted by atomic mass is 16.3. The van der Waals surface area contributed by atoms with Crippen molar-refractivity contribution in [1.82, 2.24) is 14.9 Å². The van der Waals surface area contributed by atoms with E-state index in [-0.39, 0.29) is 11.2 Å². The van der Waals surface area contributed by atoms with E-state index in [1.165, 1.54) is 31.1 Å². The molecule has 35 heavy (non-hydrogen) atoms. The van der Waals surface area contributed by atoms with Crippen molar-refractivity contribution in [1.29, 1.82) is 0 Å². The molecular formula is C29H42N4O2. The molecule has 190 valence electrons. The maximum absolute atomic E-state index is 12.1. The first kappa shape index (κ1) is 26.7. The zero-order valence-corrected chi connectivity index (χ0v) is 21.5. The Balaban J connectivity index is 1.29. The first-order valence-electron chi connectivity index (χ1n) is 13.3. The number of hydrogen-bond acceptors (Lipinski definition) is 5. The van der Waals surface area contributed by atoms with Crippen molar-refractivity contribution in [3.63, 3.8) is 0 Å². The summed E-state index contributed by atoms with van der Waals surface area (Å²) in [6.45, 7) is 7.38. The Hall–Kier alpha value is -2.86. The van der Waals surface area contributed by atoms with E-state index < -0.39 is 0 Å². The van der Waals surface area contributed by atoms with Crippen LogP contribution in [-0.2, 0) is 13.1 Å². The molecule has 3 rings (SSSR count). The van der Waals surface area contributed by atoms with Crippen molar-refractivity contribution >= 4 is 16.6 Å². The summed E-state index contributed by atoms with van der Waals surface area (Å²) >= 11 is 0. The van der Waals surface area contributed by atoms with Crippen molar-refractivity contribution in [2.45, 2.75) is 84.7 Å². The van der Waals surface area contributed by atoms with Gasteiger partial charge in [0, 0.05) is 48.7 Å². The van der Waals surface area contributed by atoms with Gasteiger partial charge in [0.25, 0.3) is 0 Å². The molecule has 0 spiro atoms. The lowest BCUT2D eigenvalue weighted by Crippen LogP contribution is -2.23. The summed E-state index contributed by atoms with van der Waals surface area (Å²) in [7, 11) is 0. The Morgan fingerprint density at radius 3 is 2.49 bits per heavy atom. The minimum Gasteiger partial charge on any atom is -0.503 e. The molecule has 0 unspecified atom stereocenters. The average Bonchev–Trinajstić information content (AvgIpc) is 2.87. The summed E-state index contributed by atoms with van der Waals surface area (Å²) < 4.78 is 2.10. The molecule has 3 N–H and O–H groups in total. The molecule has 0 fully saturated rings. The standard InChI is InChI=1S/C29H42N4O2/c1-3-4-13-20-33-23(2)21-28(34)29(35)27(33)22-30-17-11-7-5-6-8-12-18-31-26-16-19-32-25-15-10-9-14-24(25)26/h9-10,14-16,19,21,30,35H,3-8,11-13,17-18,20,22H2,1-2H3,(H,31,32). The second-order valence-electron chi connectivity index (χ2n) is 9.40. The third-order valence-electron chi connectivity index (χ3n) is 6.62. The molecule has 6 nitrogen and oxygen atoms in total. The van der Waals surface area contributed by atoms with E-state index in [1.807, 2.05) is 25.3 Å². The van der Waals surface area contributed by atoms with Crippen molar-refractivity contribution in [2.24, 2.45) is 0 Å². The van der Waals surface area contributed by atoms with Crippen LogP contribution in [0.1, 0.15) is 76.1 Å². The van der Waals surface area contributed by atoms with Gasteiger partial charge < -0.3 is 20.3 Å². The number of rotatable bonds is 16. The second kappa shape index (κ2) is 14.5. The number of pyridine rings is 2. The molecule has 1 aromatic carbocycles. The van der Waals surface area contributed by atoms with Gasteiger partial charge >= 0.3 is 0 Å². The van der Waals surface area contributed by atoms with E-state index in [2.05, 4.69) is 45.3 Å². The maximum Gasteiger partial charge on any atom is 0.223 e. The number of fused-ring (bicyclic) bond motifs is 1. The smallest absolute Gasteiger partial charge is 0.223 e. The van der Waals surface area contributed by atoms with Crippen LogP contribution in [0, 0.1) is 6.92 Å². The number of hydrogen-bond donors (Lipinski definition) is 3. The number of aromatic nitrogens is 2. The molecule has 0 amide bonds. The van der Waals surface area contributed by atoms with Crippen LogP contribution in [0.25, 0.3) is 10.9 Å². The van der Waals surface area contributed by atoms with Gasteiger partial charge in [-0.05, 0) is 44.9 Å². The number of unbranched alkanes of at least 4 members (excludes halogenated alkanes) is 7. The zero-order valence-electron chi connectivity index (χ0n) is 21.5. The molecule has 2 heterocycles. The normalized spacial score (nSPS) is 11.3. The maximum atomic E-state index is 12.1. The monoisotopic (exact) mass is 478 g/mol. The summed E-state index contributed by atoms with van der Waals surface area (Å²) in [6.07, 6.45) is 12.4. The minimum atomic E-state index is -0.280. The van der Waals surface area contributed by atoms with Crippen LogP contribution >= 0.6 is 0 Å². The number of anilines is 1.